The fourth-order valence-corrected chi connectivity index (χ4v) is 3.91. The summed E-state index contributed by atoms with van der Waals surface area (Å²) in [5.41, 5.74) is 3.72. The molecule has 0 aromatic heterocycles. The van der Waals surface area contributed by atoms with E-state index >= 15 is 0 Å². The second-order valence-corrected chi connectivity index (χ2v) is 7.63. The number of thiocarbonyl (C=S) groups is 1. The molecule has 0 saturated carbocycles. The van der Waals surface area contributed by atoms with Crippen molar-refractivity contribution in [2.45, 2.75) is 12.2 Å². The SMILES string of the molecule is S=C(/C=C(\NCCc1ccccc1)SCc1ccccc1)c1ccccc1. The Labute approximate surface area is 171 Å². The largest absolute Gasteiger partial charge is 0.379 e. The zero-order valence-corrected chi connectivity index (χ0v) is 16.8. The summed E-state index contributed by atoms with van der Waals surface area (Å²) in [6.07, 6.45) is 3.07. The lowest BCUT2D eigenvalue weighted by molar-refractivity contribution is 0.823. The van der Waals surface area contributed by atoms with Crippen LogP contribution in [-0.4, -0.2) is 11.4 Å². The number of hydrogen-bond acceptors (Lipinski definition) is 3. The Morgan fingerprint density at radius 3 is 1.96 bits per heavy atom. The molecule has 0 atom stereocenters. The zero-order chi connectivity index (χ0) is 18.7. The third-order valence-corrected chi connectivity index (χ3v) is 5.52. The normalized spacial score (nSPS) is 11.2. The lowest BCUT2D eigenvalue weighted by Gasteiger charge is -2.12. The highest BCUT2D eigenvalue weighted by Crippen LogP contribution is 2.20. The van der Waals surface area contributed by atoms with Gasteiger partial charge in [-0.3, -0.25) is 0 Å². The Bertz CT molecular complexity index is 859. The second-order valence-electron chi connectivity index (χ2n) is 6.18. The first-order valence-electron chi connectivity index (χ1n) is 9.07. The maximum absolute atomic E-state index is 5.64. The van der Waals surface area contributed by atoms with Gasteiger partial charge in [0.1, 0.15) is 0 Å². The first-order chi connectivity index (χ1) is 13.3. The lowest BCUT2D eigenvalue weighted by Crippen LogP contribution is -2.16. The summed E-state index contributed by atoms with van der Waals surface area (Å²) in [6, 6.07) is 31.2. The second kappa shape index (κ2) is 10.7. The van der Waals surface area contributed by atoms with Crippen molar-refractivity contribution in [1.82, 2.24) is 5.32 Å². The van der Waals surface area contributed by atoms with E-state index in [9.17, 15) is 0 Å². The van der Waals surface area contributed by atoms with Gasteiger partial charge in [0.2, 0.25) is 0 Å². The zero-order valence-electron chi connectivity index (χ0n) is 15.2. The van der Waals surface area contributed by atoms with Crippen LogP contribution in [0.1, 0.15) is 16.7 Å². The first-order valence-corrected chi connectivity index (χ1v) is 10.5. The molecule has 0 heterocycles. The van der Waals surface area contributed by atoms with Crippen LogP contribution in [0.25, 0.3) is 0 Å². The van der Waals surface area contributed by atoms with Crippen molar-refractivity contribution in [3.05, 3.63) is 119 Å². The highest BCUT2D eigenvalue weighted by molar-refractivity contribution is 8.02. The molecule has 136 valence electrons. The fourth-order valence-electron chi connectivity index (χ4n) is 2.66. The van der Waals surface area contributed by atoms with E-state index in [2.05, 4.69) is 78.1 Å². The van der Waals surface area contributed by atoms with Crippen LogP contribution in [0.4, 0.5) is 0 Å². The van der Waals surface area contributed by atoms with Gasteiger partial charge >= 0.3 is 0 Å². The molecule has 3 rings (SSSR count). The molecular formula is C24H23NS2. The summed E-state index contributed by atoms with van der Waals surface area (Å²) in [4.78, 5) is 0.860. The molecule has 0 saturated heterocycles. The molecule has 0 aliphatic carbocycles. The van der Waals surface area contributed by atoms with Gasteiger partial charge in [0.05, 0.1) is 5.03 Å². The van der Waals surface area contributed by atoms with Crippen molar-refractivity contribution < 1.29 is 0 Å². The van der Waals surface area contributed by atoms with Gasteiger partial charge in [0.15, 0.2) is 0 Å². The van der Waals surface area contributed by atoms with Crippen LogP contribution in [-0.2, 0) is 12.2 Å². The average molecular weight is 390 g/mol. The minimum absolute atomic E-state index is 0.860. The monoisotopic (exact) mass is 389 g/mol. The van der Waals surface area contributed by atoms with E-state index in [0.29, 0.717) is 0 Å². The molecule has 3 aromatic carbocycles. The fraction of sp³-hybridized carbons (Fsp3) is 0.125. The maximum atomic E-state index is 5.64. The molecule has 1 N–H and O–H groups in total. The van der Waals surface area contributed by atoms with Crippen LogP contribution in [0.2, 0.25) is 0 Å². The molecule has 0 amide bonds. The Hall–Kier alpha value is -2.36. The number of allylic oxidation sites excluding steroid dienone is 1. The van der Waals surface area contributed by atoms with Crippen molar-refractivity contribution in [3.8, 4) is 0 Å². The lowest BCUT2D eigenvalue weighted by atomic mass is 10.1. The summed E-state index contributed by atoms with van der Waals surface area (Å²) >= 11 is 7.44. The topological polar surface area (TPSA) is 12.0 Å². The van der Waals surface area contributed by atoms with Crippen molar-refractivity contribution in [2.24, 2.45) is 0 Å². The van der Waals surface area contributed by atoms with E-state index in [1.807, 2.05) is 24.3 Å². The Kier molecular flexibility index (Phi) is 7.69. The summed E-state index contributed by atoms with van der Waals surface area (Å²) in [5.74, 6) is 0.919. The van der Waals surface area contributed by atoms with E-state index < -0.39 is 0 Å². The maximum Gasteiger partial charge on any atom is 0.0699 e. The summed E-state index contributed by atoms with van der Waals surface area (Å²) in [6.45, 7) is 0.884. The van der Waals surface area contributed by atoms with E-state index in [-0.39, 0.29) is 0 Å². The average Bonchev–Trinajstić information content (AvgIpc) is 2.74. The van der Waals surface area contributed by atoms with E-state index in [1.54, 1.807) is 11.8 Å². The van der Waals surface area contributed by atoms with Crippen LogP contribution < -0.4 is 5.32 Å². The number of benzene rings is 3. The molecule has 3 heteroatoms. The van der Waals surface area contributed by atoms with Crippen LogP contribution in [0.15, 0.2) is 102 Å². The smallest absolute Gasteiger partial charge is 0.0699 e. The van der Waals surface area contributed by atoms with Gasteiger partial charge < -0.3 is 5.32 Å². The van der Waals surface area contributed by atoms with Crippen LogP contribution >= 0.6 is 24.0 Å². The summed E-state index contributed by atoms with van der Waals surface area (Å²) < 4.78 is 0. The number of thioether (sulfide) groups is 1. The summed E-state index contributed by atoms with van der Waals surface area (Å²) in [7, 11) is 0. The molecule has 0 radical (unpaired) electrons. The van der Waals surface area contributed by atoms with Crippen LogP contribution in [0, 0.1) is 0 Å². The van der Waals surface area contributed by atoms with Gasteiger partial charge in [0, 0.05) is 17.2 Å². The standard InChI is InChI=1S/C24H23NS2/c26-23(22-14-8-3-9-15-22)18-24(27-19-21-12-6-2-7-13-21)25-17-16-20-10-4-1-5-11-20/h1-15,18,25H,16-17,19H2/b24-18+. The molecular weight excluding hydrogens is 366 g/mol. The van der Waals surface area contributed by atoms with Gasteiger partial charge in [-0.2, -0.15) is 0 Å². The Morgan fingerprint density at radius 2 is 1.33 bits per heavy atom. The van der Waals surface area contributed by atoms with Crippen molar-refractivity contribution in [1.29, 1.82) is 0 Å². The molecule has 0 unspecified atom stereocenters. The van der Waals surface area contributed by atoms with Crippen molar-refractivity contribution >= 4 is 28.8 Å². The van der Waals surface area contributed by atoms with Crippen LogP contribution in [0.5, 0.6) is 0 Å². The predicted molar refractivity (Wildman–Crippen MR) is 122 cm³/mol. The molecule has 0 aliphatic rings. The summed E-state index contributed by atoms with van der Waals surface area (Å²) in [5, 5.41) is 4.69. The minimum atomic E-state index is 0.860. The minimum Gasteiger partial charge on any atom is -0.379 e. The van der Waals surface area contributed by atoms with Gasteiger partial charge in [-0.25, -0.2) is 0 Å². The van der Waals surface area contributed by atoms with Gasteiger partial charge in [-0.05, 0) is 29.2 Å². The van der Waals surface area contributed by atoms with Gasteiger partial charge in [-0.1, -0.05) is 103 Å². The molecule has 1 nitrogen and oxygen atoms in total. The molecule has 0 aliphatic heterocycles. The third kappa shape index (κ3) is 6.70. The molecule has 3 aromatic rings. The van der Waals surface area contributed by atoms with Crippen LogP contribution in [0.3, 0.4) is 0 Å². The van der Waals surface area contributed by atoms with Crippen molar-refractivity contribution in [2.75, 3.05) is 6.54 Å². The first kappa shape index (κ1) is 19.4. The Balaban J connectivity index is 1.65. The van der Waals surface area contributed by atoms with E-state index in [4.69, 9.17) is 12.2 Å². The number of rotatable bonds is 9. The van der Waals surface area contributed by atoms with E-state index in [0.717, 1.165) is 34.2 Å². The molecule has 0 spiro atoms. The molecule has 0 fully saturated rings. The number of hydrogen-bond donors (Lipinski definition) is 1. The van der Waals surface area contributed by atoms with Crippen molar-refractivity contribution in [3.63, 3.8) is 0 Å². The highest BCUT2D eigenvalue weighted by atomic mass is 32.2. The van der Waals surface area contributed by atoms with Gasteiger partial charge in [0.25, 0.3) is 0 Å². The predicted octanol–water partition coefficient (Wildman–Crippen LogP) is 6.01. The quantitative estimate of drug-likeness (QED) is 0.273. The molecule has 0 bridgehead atoms. The Morgan fingerprint density at radius 1 is 0.778 bits per heavy atom. The highest BCUT2D eigenvalue weighted by Gasteiger charge is 2.04. The molecule has 27 heavy (non-hydrogen) atoms. The van der Waals surface area contributed by atoms with Gasteiger partial charge in [-0.15, -0.1) is 11.8 Å². The van der Waals surface area contributed by atoms with E-state index in [1.165, 1.54) is 11.1 Å². The number of nitrogens with one attached hydrogen (secondary N) is 1. The third-order valence-electron chi connectivity index (χ3n) is 4.11.